The lowest BCUT2D eigenvalue weighted by atomic mass is 10.1. The zero-order chi connectivity index (χ0) is 25.1. The Kier molecular flexibility index (Phi) is 6.19. The summed E-state index contributed by atoms with van der Waals surface area (Å²) in [5.74, 6) is 1.86. The average molecular weight is 485 g/mol. The van der Waals surface area contributed by atoms with Crippen LogP contribution >= 0.6 is 0 Å². The Morgan fingerprint density at radius 1 is 0.889 bits per heavy atom. The average Bonchev–Trinajstić information content (AvgIpc) is 3.40. The van der Waals surface area contributed by atoms with Crippen molar-refractivity contribution in [2.45, 2.75) is 0 Å². The van der Waals surface area contributed by atoms with Gasteiger partial charge in [-0.3, -0.25) is 9.78 Å². The van der Waals surface area contributed by atoms with Crippen molar-refractivity contribution in [3.8, 4) is 34.3 Å². The van der Waals surface area contributed by atoms with Gasteiger partial charge >= 0.3 is 0 Å². The van der Waals surface area contributed by atoms with Crippen LogP contribution in [0.4, 0.5) is 10.1 Å². The van der Waals surface area contributed by atoms with Crippen molar-refractivity contribution >= 4 is 22.5 Å². The van der Waals surface area contributed by atoms with Crippen molar-refractivity contribution < 1.29 is 27.9 Å². The SMILES string of the molecule is COc1cc2nccc(Oc3ccc(NC(=O)c4cc(-c5ccc(F)cc5)on4)cc3)c2cc1OC. The summed E-state index contributed by atoms with van der Waals surface area (Å²) < 4.78 is 35.2. The second-order valence-corrected chi connectivity index (χ2v) is 7.70. The number of benzene rings is 3. The number of methoxy groups -OCH3 is 2. The van der Waals surface area contributed by atoms with E-state index in [4.69, 9.17) is 18.7 Å². The molecule has 0 spiro atoms. The molecule has 0 bridgehead atoms. The van der Waals surface area contributed by atoms with Gasteiger partial charge in [0, 0.05) is 35.0 Å². The van der Waals surface area contributed by atoms with E-state index in [0.29, 0.717) is 45.5 Å². The van der Waals surface area contributed by atoms with Gasteiger partial charge in [-0.1, -0.05) is 5.16 Å². The van der Waals surface area contributed by atoms with Crippen LogP contribution in [0.5, 0.6) is 23.0 Å². The number of amides is 1. The Hall–Kier alpha value is -4.92. The van der Waals surface area contributed by atoms with Gasteiger partial charge < -0.3 is 24.1 Å². The Labute approximate surface area is 205 Å². The highest BCUT2D eigenvalue weighted by molar-refractivity contribution is 6.03. The van der Waals surface area contributed by atoms with E-state index in [1.807, 2.05) is 6.07 Å². The summed E-state index contributed by atoms with van der Waals surface area (Å²) in [6.07, 6.45) is 1.65. The van der Waals surface area contributed by atoms with Crippen molar-refractivity contribution in [2.24, 2.45) is 0 Å². The Bertz CT molecular complexity index is 1530. The summed E-state index contributed by atoms with van der Waals surface area (Å²) >= 11 is 0. The van der Waals surface area contributed by atoms with Gasteiger partial charge in [0.2, 0.25) is 0 Å². The highest BCUT2D eigenvalue weighted by Crippen LogP contribution is 2.37. The molecule has 1 N–H and O–H groups in total. The molecule has 0 unspecified atom stereocenters. The predicted octanol–water partition coefficient (Wildman–Crippen LogP) is 6.09. The fourth-order valence-electron chi connectivity index (χ4n) is 3.60. The number of hydrogen-bond acceptors (Lipinski definition) is 7. The number of ether oxygens (including phenoxy) is 3. The van der Waals surface area contributed by atoms with Crippen LogP contribution in [0, 0.1) is 5.82 Å². The zero-order valence-electron chi connectivity index (χ0n) is 19.3. The molecule has 0 aliphatic rings. The smallest absolute Gasteiger partial charge is 0.277 e. The minimum absolute atomic E-state index is 0.0993. The van der Waals surface area contributed by atoms with Crippen molar-refractivity contribution in [3.63, 3.8) is 0 Å². The first kappa shape index (κ1) is 22.9. The van der Waals surface area contributed by atoms with Crippen molar-refractivity contribution in [3.05, 3.63) is 90.5 Å². The lowest BCUT2D eigenvalue weighted by Crippen LogP contribution is -2.11. The number of anilines is 1. The van der Waals surface area contributed by atoms with Gasteiger partial charge in [0.25, 0.3) is 5.91 Å². The lowest BCUT2D eigenvalue weighted by Gasteiger charge is -2.12. The minimum atomic E-state index is -0.443. The topological polar surface area (TPSA) is 95.7 Å². The number of hydrogen-bond donors (Lipinski definition) is 1. The van der Waals surface area contributed by atoms with Crippen molar-refractivity contribution in [1.82, 2.24) is 10.1 Å². The van der Waals surface area contributed by atoms with E-state index in [1.165, 1.54) is 18.2 Å². The van der Waals surface area contributed by atoms with Crippen molar-refractivity contribution in [2.75, 3.05) is 19.5 Å². The van der Waals surface area contributed by atoms with Crippen LogP contribution in [0.25, 0.3) is 22.2 Å². The highest BCUT2D eigenvalue weighted by atomic mass is 19.1. The molecule has 3 aromatic carbocycles. The third-order valence-electron chi connectivity index (χ3n) is 5.42. The molecular weight excluding hydrogens is 465 g/mol. The summed E-state index contributed by atoms with van der Waals surface area (Å²) in [6.45, 7) is 0. The van der Waals surface area contributed by atoms with Crippen LogP contribution in [-0.2, 0) is 0 Å². The van der Waals surface area contributed by atoms with Crippen LogP contribution in [0.2, 0.25) is 0 Å². The molecule has 0 aliphatic carbocycles. The van der Waals surface area contributed by atoms with Crippen LogP contribution in [0.15, 0.2) is 83.5 Å². The van der Waals surface area contributed by atoms with Crippen LogP contribution in [0.3, 0.4) is 0 Å². The number of carbonyl (C=O) groups is 1. The molecule has 5 rings (SSSR count). The van der Waals surface area contributed by atoms with Crippen LogP contribution < -0.4 is 19.5 Å². The predicted molar refractivity (Wildman–Crippen MR) is 131 cm³/mol. The van der Waals surface area contributed by atoms with Crippen molar-refractivity contribution in [1.29, 1.82) is 0 Å². The number of halogens is 1. The Morgan fingerprint density at radius 2 is 1.61 bits per heavy atom. The number of pyridine rings is 1. The summed E-state index contributed by atoms with van der Waals surface area (Å²) in [5, 5.41) is 7.33. The summed E-state index contributed by atoms with van der Waals surface area (Å²) in [5.41, 5.74) is 1.96. The summed E-state index contributed by atoms with van der Waals surface area (Å²) in [6, 6.07) is 19.4. The van der Waals surface area contributed by atoms with E-state index in [0.717, 1.165) is 5.39 Å². The van der Waals surface area contributed by atoms with E-state index < -0.39 is 5.91 Å². The fraction of sp³-hybridized carbons (Fsp3) is 0.0741. The first-order valence-corrected chi connectivity index (χ1v) is 10.9. The molecule has 1 amide bonds. The molecule has 8 nitrogen and oxygen atoms in total. The molecule has 2 aromatic heterocycles. The zero-order valence-corrected chi connectivity index (χ0v) is 19.3. The molecule has 9 heteroatoms. The third kappa shape index (κ3) is 4.67. The van der Waals surface area contributed by atoms with Gasteiger partial charge in [-0.05, 0) is 60.7 Å². The normalized spacial score (nSPS) is 10.8. The Balaban J connectivity index is 1.30. The third-order valence-corrected chi connectivity index (χ3v) is 5.42. The maximum absolute atomic E-state index is 13.1. The molecule has 2 heterocycles. The minimum Gasteiger partial charge on any atom is -0.493 e. The summed E-state index contributed by atoms with van der Waals surface area (Å²) in [4.78, 5) is 17.0. The van der Waals surface area contributed by atoms with E-state index in [-0.39, 0.29) is 11.5 Å². The molecule has 0 radical (unpaired) electrons. The fourth-order valence-corrected chi connectivity index (χ4v) is 3.60. The molecule has 36 heavy (non-hydrogen) atoms. The second-order valence-electron chi connectivity index (χ2n) is 7.70. The molecule has 0 fully saturated rings. The number of carbonyl (C=O) groups excluding carboxylic acids is 1. The monoisotopic (exact) mass is 485 g/mol. The van der Waals surface area contributed by atoms with Gasteiger partial charge in [-0.2, -0.15) is 0 Å². The van der Waals surface area contributed by atoms with Crippen LogP contribution in [-0.4, -0.2) is 30.3 Å². The van der Waals surface area contributed by atoms with Gasteiger partial charge in [0.15, 0.2) is 23.0 Å². The standard InChI is InChI=1S/C27H20FN3O5/c1-33-25-13-20-21(14-26(25)34-2)29-12-11-23(20)35-19-9-7-18(8-10-19)30-27(32)22-15-24(36-31-22)16-3-5-17(28)6-4-16/h3-15H,1-2H3,(H,30,32). The van der Waals surface area contributed by atoms with Gasteiger partial charge in [0.1, 0.15) is 17.3 Å². The molecule has 5 aromatic rings. The first-order valence-electron chi connectivity index (χ1n) is 10.9. The first-order chi connectivity index (χ1) is 17.5. The summed E-state index contributed by atoms with van der Waals surface area (Å²) in [7, 11) is 3.13. The number of nitrogens with zero attached hydrogens (tertiary/aromatic N) is 2. The quantitative estimate of drug-likeness (QED) is 0.298. The largest absolute Gasteiger partial charge is 0.493 e. The maximum atomic E-state index is 13.1. The van der Waals surface area contributed by atoms with E-state index in [2.05, 4.69) is 15.5 Å². The molecular formula is C27H20FN3O5. The molecule has 0 saturated heterocycles. The molecule has 180 valence electrons. The number of rotatable bonds is 7. The molecule has 0 atom stereocenters. The maximum Gasteiger partial charge on any atom is 0.277 e. The Morgan fingerprint density at radius 3 is 2.33 bits per heavy atom. The molecule has 0 aliphatic heterocycles. The van der Waals surface area contributed by atoms with Gasteiger partial charge in [0.05, 0.1) is 19.7 Å². The number of fused-ring (bicyclic) bond motifs is 1. The highest BCUT2D eigenvalue weighted by Gasteiger charge is 2.15. The van der Waals surface area contributed by atoms with Gasteiger partial charge in [-0.25, -0.2) is 4.39 Å². The second kappa shape index (κ2) is 9.75. The van der Waals surface area contributed by atoms with E-state index in [1.54, 1.807) is 68.9 Å². The van der Waals surface area contributed by atoms with E-state index >= 15 is 0 Å². The number of nitrogens with one attached hydrogen (secondary N) is 1. The van der Waals surface area contributed by atoms with Crippen LogP contribution in [0.1, 0.15) is 10.5 Å². The van der Waals surface area contributed by atoms with Gasteiger partial charge in [-0.15, -0.1) is 0 Å². The molecule has 0 saturated carbocycles. The van der Waals surface area contributed by atoms with E-state index in [9.17, 15) is 9.18 Å². The lowest BCUT2D eigenvalue weighted by molar-refractivity contribution is 0.101. The number of aromatic nitrogens is 2.